The SMILES string of the molecule is O=C(Nc1cccnc1-n1cccn1)c1cccs1. The van der Waals surface area contributed by atoms with E-state index in [1.54, 1.807) is 47.5 Å². The van der Waals surface area contributed by atoms with E-state index in [4.69, 9.17) is 0 Å². The molecule has 0 atom stereocenters. The van der Waals surface area contributed by atoms with Crippen LogP contribution in [0.5, 0.6) is 0 Å². The molecule has 0 aromatic carbocycles. The van der Waals surface area contributed by atoms with Crippen molar-refractivity contribution in [3.63, 3.8) is 0 Å². The molecule has 19 heavy (non-hydrogen) atoms. The van der Waals surface area contributed by atoms with Gasteiger partial charge in [0.25, 0.3) is 5.91 Å². The molecule has 0 unspecified atom stereocenters. The van der Waals surface area contributed by atoms with Crippen LogP contribution in [0.1, 0.15) is 9.67 Å². The highest BCUT2D eigenvalue weighted by Gasteiger charge is 2.11. The molecule has 0 aliphatic carbocycles. The van der Waals surface area contributed by atoms with E-state index in [1.165, 1.54) is 11.3 Å². The van der Waals surface area contributed by atoms with E-state index in [0.29, 0.717) is 16.4 Å². The van der Waals surface area contributed by atoms with E-state index in [1.807, 2.05) is 11.4 Å². The monoisotopic (exact) mass is 270 g/mol. The lowest BCUT2D eigenvalue weighted by molar-refractivity contribution is 0.103. The van der Waals surface area contributed by atoms with Crippen LogP contribution in [0.25, 0.3) is 5.82 Å². The molecule has 0 saturated carbocycles. The summed E-state index contributed by atoms with van der Waals surface area (Å²) in [5.41, 5.74) is 0.629. The van der Waals surface area contributed by atoms with Crippen LogP contribution in [0.2, 0.25) is 0 Å². The van der Waals surface area contributed by atoms with Crippen molar-refractivity contribution < 1.29 is 4.79 Å². The smallest absolute Gasteiger partial charge is 0.265 e. The normalized spacial score (nSPS) is 10.3. The molecular formula is C13H10N4OS. The Hall–Kier alpha value is -2.47. The molecule has 1 amide bonds. The van der Waals surface area contributed by atoms with Crippen LogP contribution in [0.4, 0.5) is 5.69 Å². The summed E-state index contributed by atoms with van der Waals surface area (Å²) in [6, 6.07) is 9.01. The minimum absolute atomic E-state index is 0.142. The van der Waals surface area contributed by atoms with E-state index in [0.717, 1.165) is 0 Å². The molecular weight excluding hydrogens is 260 g/mol. The number of nitrogens with one attached hydrogen (secondary N) is 1. The van der Waals surface area contributed by atoms with Crippen LogP contribution in [-0.4, -0.2) is 20.7 Å². The molecule has 0 radical (unpaired) electrons. The average Bonchev–Trinajstić information content (AvgIpc) is 3.13. The summed E-state index contributed by atoms with van der Waals surface area (Å²) in [6.07, 6.45) is 5.11. The summed E-state index contributed by atoms with van der Waals surface area (Å²) in [5, 5.41) is 8.84. The maximum absolute atomic E-state index is 12.0. The Kier molecular flexibility index (Phi) is 3.07. The molecule has 3 aromatic rings. The first-order valence-electron chi connectivity index (χ1n) is 5.64. The van der Waals surface area contributed by atoms with Crippen molar-refractivity contribution in [1.29, 1.82) is 0 Å². The molecule has 0 saturated heterocycles. The summed E-state index contributed by atoms with van der Waals surface area (Å²) < 4.78 is 1.62. The molecule has 0 fully saturated rings. The van der Waals surface area contributed by atoms with Gasteiger partial charge in [0.2, 0.25) is 0 Å². The summed E-state index contributed by atoms with van der Waals surface area (Å²) in [5.74, 6) is 0.453. The number of aromatic nitrogens is 3. The third kappa shape index (κ3) is 2.38. The molecule has 94 valence electrons. The van der Waals surface area contributed by atoms with Gasteiger partial charge in [-0.05, 0) is 29.6 Å². The van der Waals surface area contributed by atoms with Crippen LogP contribution < -0.4 is 5.32 Å². The largest absolute Gasteiger partial charge is 0.318 e. The highest BCUT2D eigenvalue weighted by Crippen LogP contribution is 2.18. The number of thiophene rings is 1. The number of hydrogen-bond donors (Lipinski definition) is 1. The van der Waals surface area contributed by atoms with E-state index in [2.05, 4.69) is 15.4 Å². The quantitative estimate of drug-likeness (QED) is 0.795. The molecule has 0 aliphatic rings. The predicted molar refractivity (Wildman–Crippen MR) is 73.6 cm³/mol. The fourth-order valence-electron chi connectivity index (χ4n) is 1.66. The van der Waals surface area contributed by atoms with Gasteiger partial charge < -0.3 is 5.32 Å². The number of amides is 1. The molecule has 0 spiro atoms. The minimum atomic E-state index is -0.142. The molecule has 3 rings (SSSR count). The lowest BCUT2D eigenvalue weighted by atomic mass is 10.3. The van der Waals surface area contributed by atoms with Gasteiger partial charge in [-0.25, -0.2) is 9.67 Å². The molecule has 0 bridgehead atoms. The Labute approximate surface area is 113 Å². The number of rotatable bonds is 3. The molecule has 5 nitrogen and oxygen atoms in total. The Balaban J connectivity index is 1.92. The van der Waals surface area contributed by atoms with Crippen molar-refractivity contribution in [2.24, 2.45) is 0 Å². The van der Waals surface area contributed by atoms with Crippen molar-refractivity contribution in [2.75, 3.05) is 5.32 Å². The average molecular weight is 270 g/mol. The minimum Gasteiger partial charge on any atom is -0.318 e. The number of carbonyl (C=O) groups excluding carboxylic acids is 1. The number of carbonyl (C=O) groups is 1. The summed E-state index contributed by atoms with van der Waals surface area (Å²) >= 11 is 1.40. The Morgan fingerprint density at radius 3 is 2.89 bits per heavy atom. The van der Waals surface area contributed by atoms with E-state index in [9.17, 15) is 4.79 Å². The van der Waals surface area contributed by atoms with E-state index >= 15 is 0 Å². The van der Waals surface area contributed by atoms with Gasteiger partial charge in [0.05, 0.1) is 10.6 Å². The predicted octanol–water partition coefficient (Wildman–Crippen LogP) is 2.58. The van der Waals surface area contributed by atoms with Crippen molar-refractivity contribution in [3.8, 4) is 5.82 Å². The van der Waals surface area contributed by atoms with Gasteiger partial charge in [0.1, 0.15) is 0 Å². The van der Waals surface area contributed by atoms with Crippen LogP contribution in [-0.2, 0) is 0 Å². The van der Waals surface area contributed by atoms with Gasteiger partial charge in [-0.15, -0.1) is 11.3 Å². The van der Waals surface area contributed by atoms with Gasteiger partial charge in [-0.2, -0.15) is 5.10 Å². The van der Waals surface area contributed by atoms with Crippen molar-refractivity contribution in [3.05, 3.63) is 59.2 Å². The van der Waals surface area contributed by atoms with Crippen LogP contribution >= 0.6 is 11.3 Å². The number of anilines is 1. The number of nitrogens with zero attached hydrogens (tertiary/aromatic N) is 3. The molecule has 0 aliphatic heterocycles. The van der Waals surface area contributed by atoms with Gasteiger partial charge in [0.15, 0.2) is 5.82 Å². The second kappa shape index (κ2) is 5.03. The standard InChI is InChI=1S/C13H10N4OS/c18-13(11-5-2-9-19-11)16-10-4-1-6-14-12(10)17-8-3-7-15-17/h1-9H,(H,16,18). The molecule has 6 heteroatoms. The Bertz CT molecular complexity index is 677. The number of pyridine rings is 1. The highest BCUT2D eigenvalue weighted by atomic mass is 32.1. The second-order valence-corrected chi connectivity index (χ2v) is 4.70. The van der Waals surface area contributed by atoms with Gasteiger partial charge >= 0.3 is 0 Å². The fraction of sp³-hybridized carbons (Fsp3) is 0. The second-order valence-electron chi connectivity index (χ2n) is 3.76. The first-order chi connectivity index (χ1) is 9.34. The highest BCUT2D eigenvalue weighted by molar-refractivity contribution is 7.12. The number of hydrogen-bond acceptors (Lipinski definition) is 4. The van der Waals surface area contributed by atoms with Crippen LogP contribution in [0.3, 0.4) is 0 Å². The van der Waals surface area contributed by atoms with Crippen LogP contribution in [0.15, 0.2) is 54.3 Å². The molecule has 1 N–H and O–H groups in total. The topological polar surface area (TPSA) is 59.8 Å². The van der Waals surface area contributed by atoms with Crippen molar-refractivity contribution in [2.45, 2.75) is 0 Å². The maximum Gasteiger partial charge on any atom is 0.265 e. The zero-order valence-electron chi connectivity index (χ0n) is 9.85. The summed E-state index contributed by atoms with van der Waals surface area (Å²) in [4.78, 5) is 16.9. The Morgan fingerprint density at radius 1 is 1.21 bits per heavy atom. The lowest BCUT2D eigenvalue weighted by Crippen LogP contribution is -2.13. The molecule has 3 aromatic heterocycles. The van der Waals surface area contributed by atoms with Crippen molar-refractivity contribution in [1.82, 2.24) is 14.8 Å². The third-order valence-electron chi connectivity index (χ3n) is 2.50. The lowest BCUT2D eigenvalue weighted by Gasteiger charge is -2.08. The van der Waals surface area contributed by atoms with Crippen molar-refractivity contribution >= 4 is 22.9 Å². The third-order valence-corrected chi connectivity index (χ3v) is 3.37. The Morgan fingerprint density at radius 2 is 2.16 bits per heavy atom. The van der Waals surface area contributed by atoms with E-state index < -0.39 is 0 Å². The van der Waals surface area contributed by atoms with Gasteiger partial charge in [0, 0.05) is 18.6 Å². The van der Waals surface area contributed by atoms with Crippen LogP contribution in [0, 0.1) is 0 Å². The zero-order valence-corrected chi connectivity index (χ0v) is 10.7. The summed E-state index contributed by atoms with van der Waals surface area (Å²) in [7, 11) is 0. The van der Waals surface area contributed by atoms with Gasteiger partial charge in [-0.1, -0.05) is 6.07 Å². The summed E-state index contributed by atoms with van der Waals surface area (Å²) in [6.45, 7) is 0. The zero-order chi connectivity index (χ0) is 13.1. The molecule has 3 heterocycles. The van der Waals surface area contributed by atoms with Gasteiger partial charge in [-0.3, -0.25) is 4.79 Å². The fourth-order valence-corrected chi connectivity index (χ4v) is 2.28. The first kappa shape index (κ1) is 11.6. The first-order valence-corrected chi connectivity index (χ1v) is 6.52. The maximum atomic E-state index is 12.0. The van der Waals surface area contributed by atoms with E-state index in [-0.39, 0.29) is 5.91 Å².